The van der Waals surface area contributed by atoms with Gasteiger partial charge in [0.05, 0.1) is 40.9 Å². The summed E-state index contributed by atoms with van der Waals surface area (Å²) in [5.74, 6) is -0.631. The molecule has 1 atom stereocenters. The largest absolute Gasteiger partial charge is 0.756 e. The molecule has 0 aromatic rings. The van der Waals surface area contributed by atoms with E-state index in [0.717, 1.165) is 17.1 Å². The minimum atomic E-state index is -4.32. The van der Waals surface area contributed by atoms with Crippen molar-refractivity contribution in [2.45, 2.75) is 6.42 Å². The number of hydrogen-bond donors (Lipinski definition) is 0. The summed E-state index contributed by atoms with van der Waals surface area (Å²) in [5, 5.41) is 0. The van der Waals surface area contributed by atoms with E-state index >= 15 is 0 Å². The predicted octanol–water partition coefficient (Wildman–Crippen LogP) is 0.314. The lowest BCUT2D eigenvalue weighted by atomic mass is 10.4. The molecule has 1 unspecified atom stereocenters. The van der Waals surface area contributed by atoms with E-state index in [0.29, 0.717) is 6.42 Å². The molecule has 7 nitrogen and oxygen atoms in total. The molecule has 0 bridgehead atoms. The Balaban J connectivity index is 3.72. The van der Waals surface area contributed by atoms with Gasteiger partial charge in [-0.3, -0.25) is 4.57 Å². The zero-order valence-corrected chi connectivity index (χ0v) is 12.6. The molecule has 0 amide bonds. The van der Waals surface area contributed by atoms with Gasteiger partial charge in [-0.2, -0.15) is 0 Å². The monoisotopic (exact) mass is 295 g/mol. The Bertz CT molecular complexity index is 339. The minimum Gasteiger partial charge on any atom is -0.756 e. The zero-order valence-electron chi connectivity index (χ0n) is 11.7. The van der Waals surface area contributed by atoms with Crippen molar-refractivity contribution in [2.24, 2.45) is 0 Å². The van der Waals surface area contributed by atoms with E-state index in [9.17, 15) is 14.3 Å². The van der Waals surface area contributed by atoms with E-state index in [1.54, 1.807) is 0 Å². The van der Waals surface area contributed by atoms with Crippen LogP contribution in [0.4, 0.5) is 0 Å². The maximum absolute atomic E-state index is 11.3. The number of esters is 1. The minimum absolute atomic E-state index is 0.0722. The number of phosphoric ester groups is 1. The smallest absolute Gasteiger partial charge is 0.330 e. The average molecular weight is 295 g/mol. The summed E-state index contributed by atoms with van der Waals surface area (Å²) in [4.78, 5) is 22.0. The average Bonchev–Trinajstić information content (AvgIpc) is 2.29. The maximum atomic E-state index is 11.3. The summed E-state index contributed by atoms with van der Waals surface area (Å²) in [6.45, 7) is 3.63. The van der Waals surface area contributed by atoms with Gasteiger partial charge < -0.3 is 23.2 Å². The van der Waals surface area contributed by atoms with Crippen LogP contribution in [0.1, 0.15) is 6.42 Å². The summed E-state index contributed by atoms with van der Waals surface area (Å²) >= 11 is 0. The normalized spacial score (nSPS) is 14.7. The molecule has 0 rings (SSSR count). The molecular formula is C11H22NO6P. The van der Waals surface area contributed by atoms with E-state index in [-0.39, 0.29) is 19.8 Å². The molecule has 0 aromatic heterocycles. The van der Waals surface area contributed by atoms with Crippen LogP contribution in [0.5, 0.6) is 0 Å². The van der Waals surface area contributed by atoms with Gasteiger partial charge >= 0.3 is 5.97 Å². The maximum Gasteiger partial charge on any atom is 0.330 e. The van der Waals surface area contributed by atoms with E-state index in [1.807, 2.05) is 21.1 Å². The third-order valence-corrected chi connectivity index (χ3v) is 2.96. The second-order valence-corrected chi connectivity index (χ2v) is 6.26. The Morgan fingerprint density at radius 3 is 2.37 bits per heavy atom. The fourth-order valence-electron chi connectivity index (χ4n) is 1.10. The molecule has 0 aromatic carbocycles. The summed E-state index contributed by atoms with van der Waals surface area (Å²) in [6.07, 6.45) is 1.59. The fourth-order valence-corrected chi connectivity index (χ4v) is 1.83. The van der Waals surface area contributed by atoms with Gasteiger partial charge in [0.2, 0.25) is 0 Å². The first-order valence-electron chi connectivity index (χ1n) is 5.86. The second kappa shape index (κ2) is 8.45. The van der Waals surface area contributed by atoms with Crippen LogP contribution >= 0.6 is 7.82 Å². The van der Waals surface area contributed by atoms with E-state index in [4.69, 9.17) is 0 Å². The van der Waals surface area contributed by atoms with Gasteiger partial charge in [0.1, 0.15) is 6.61 Å². The Hall–Kier alpha value is -0.720. The Labute approximate surface area is 114 Å². The molecule has 112 valence electrons. The van der Waals surface area contributed by atoms with Gasteiger partial charge in [-0.25, -0.2) is 4.79 Å². The van der Waals surface area contributed by atoms with Crippen molar-refractivity contribution in [2.75, 3.05) is 47.5 Å². The molecule has 0 heterocycles. The van der Waals surface area contributed by atoms with Gasteiger partial charge in [-0.1, -0.05) is 6.58 Å². The first-order valence-corrected chi connectivity index (χ1v) is 7.32. The lowest BCUT2D eigenvalue weighted by molar-refractivity contribution is -0.870. The molecule has 0 spiro atoms. The fraction of sp³-hybridized carbons (Fsp3) is 0.727. The molecule has 0 saturated carbocycles. The van der Waals surface area contributed by atoms with Crippen LogP contribution in [0, 0.1) is 0 Å². The molecule has 0 aliphatic heterocycles. The first-order chi connectivity index (χ1) is 8.66. The van der Waals surface area contributed by atoms with Crippen molar-refractivity contribution in [3.63, 3.8) is 0 Å². The zero-order chi connectivity index (χ0) is 14.9. The number of phosphoric acid groups is 1. The standard InChI is InChI=1S/C11H22NO6P/c1-5-11(13)16-9-10-18-19(14,15)17-8-6-7-12(2,3)4/h5H,1,6-10H2,2-4H3. The van der Waals surface area contributed by atoms with Crippen molar-refractivity contribution >= 4 is 13.8 Å². The summed E-state index contributed by atoms with van der Waals surface area (Å²) in [6, 6.07) is 0. The highest BCUT2D eigenvalue weighted by Gasteiger charge is 2.11. The van der Waals surface area contributed by atoms with Crippen molar-refractivity contribution in [1.29, 1.82) is 0 Å². The Morgan fingerprint density at radius 1 is 1.26 bits per heavy atom. The molecule has 0 saturated heterocycles. The molecule has 8 heteroatoms. The lowest BCUT2D eigenvalue weighted by Gasteiger charge is -2.25. The van der Waals surface area contributed by atoms with E-state index in [1.165, 1.54) is 0 Å². The van der Waals surface area contributed by atoms with Crippen LogP contribution in [0.3, 0.4) is 0 Å². The highest BCUT2D eigenvalue weighted by atomic mass is 31.2. The van der Waals surface area contributed by atoms with Crippen LogP contribution in [-0.4, -0.2) is 58.0 Å². The highest BCUT2D eigenvalue weighted by molar-refractivity contribution is 7.45. The second-order valence-electron chi connectivity index (χ2n) is 4.85. The van der Waals surface area contributed by atoms with Crippen LogP contribution in [0.25, 0.3) is 0 Å². The third-order valence-electron chi connectivity index (χ3n) is 1.97. The number of quaternary nitrogens is 1. The van der Waals surface area contributed by atoms with Gasteiger partial charge in [0.25, 0.3) is 7.82 Å². The predicted molar refractivity (Wildman–Crippen MR) is 68.2 cm³/mol. The number of rotatable bonds is 10. The van der Waals surface area contributed by atoms with Crippen molar-refractivity contribution < 1.29 is 32.5 Å². The molecule has 0 N–H and O–H groups in total. The first kappa shape index (κ1) is 18.3. The summed E-state index contributed by atoms with van der Waals surface area (Å²) < 4.78 is 25.8. The highest BCUT2D eigenvalue weighted by Crippen LogP contribution is 2.37. The number of carbonyl (C=O) groups is 1. The molecule has 0 aliphatic carbocycles. The molecule has 19 heavy (non-hydrogen) atoms. The number of nitrogens with zero attached hydrogens (tertiary/aromatic N) is 1. The molecule has 0 aliphatic rings. The third kappa shape index (κ3) is 12.1. The van der Waals surface area contributed by atoms with Crippen molar-refractivity contribution in [3.05, 3.63) is 12.7 Å². The van der Waals surface area contributed by atoms with Gasteiger partial charge in [0.15, 0.2) is 0 Å². The number of carbonyl (C=O) groups excluding carboxylic acids is 1. The van der Waals surface area contributed by atoms with Gasteiger partial charge in [-0.05, 0) is 0 Å². The van der Waals surface area contributed by atoms with Gasteiger partial charge in [0, 0.05) is 12.5 Å². The Kier molecular flexibility index (Phi) is 8.13. The lowest BCUT2D eigenvalue weighted by Crippen LogP contribution is -2.35. The van der Waals surface area contributed by atoms with Crippen molar-refractivity contribution in [1.82, 2.24) is 0 Å². The van der Waals surface area contributed by atoms with Crippen LogP contribution in [0.15, 0.2) is 12.7 Å². The van der Waals surface area contributed by atoms with E-state index in [2.05, 4.69) is 20.4 Å². The number of ether oxygens (including phenoxy) is 1. The van der Waals surface area contributed by atoms with Crippen molar-refractivity contribution in [3.8, 4) is 0 Å². The summed E-state index contributed by atoms with van der Waals surface area (Å²) in [5.41, 5.74) is 0. The quantitative estimate of drug-likeness (QED) is 0.190. The SMILES string of the molecule is C=CC(=O)OCCOP(=O)([O-])OCCC[N+](C)(C)C. The Morgan fingerprint density at radius 2 is 1.84 bits per heavy atom. The van der Waals surface area contributed by atoms with E-state index < -0.39 is 13.8 Å². The van der Waals surface area contributed by atoms with Crippen LogP contribution < -0.4 is 4.89 Å². The van der Waals surface area contributed by atoms with Gasteiger partial charge in [-0.15, -0.1) is 0 Å². The summed E-state index contributed by atoms with van der Waals surface area (Å²) in [7, 11) is 1.69. The molecule has 0 fully saturated rings. The molecular weight excluding hydrogens is 273 g/mol. The molecule has 0 radical (unpaired) electrons. The topological polar surface area (TPSA) is 84.9 Å². The van der Waals surface area contributed by atoms with Crippen LogP contribution in [-0.2, 0) is 23.1 Å². The number of hydrogen-bond acceptors (Lipinski definition) is 6. The van der Waals surface area contributed by atoms with Crippen LogP contribution in [0.2, 0.25) is 0 Å².